The molecule has 0 rings (SSSR count). The van der Waals surface area contributed by atoms with Crippen LogP contribution in [0.3, 0.4) is 0 Å². The molecule has 0 fully saturated rings. The molecule has 0 saturated carbocycles. The number of carbonyl (C=O) groups is 4. The van der Waals surface area contributed by atoms with Crippen LogP contribution in [0.5, 0.6) is 0 Å². The average molecular weight is 394 g/mol. The molecule has 11 nitrogen and oxygen atoms in total. The number of hydrogen-bond donors (Lipinski definition) is 8. The predicted molar refractivity (Wildman–Crippen MR) is 94.3 cm³/mol. The Morgan fingerprint density at radius 2 is 1.27 bits per heavy atom. The summed E-state index contributed by atoms with van der Waals surface area (Å²) in [6, 6.07) is -5.09. The van der Waals surface area contributed by atoms with Gasteiger partial charge in [-0.1, -0.05) is 13.8 Å². The third-order valence-corrected chi connectivity index (χ3v) is 3.81. The summed E-state index contributed by atoms with van der Waals surface area (Å²) in [7, 11) is 0. The highest BCUT2D eigenvalue weighted by Gasteiger charge is 2.29. The molecule has 0 heterocycles. The fourth-order valence-corrected chi connectivity index (χ4v) is 1.94. The van der Waals surface area contributed by atoms with Gasteiger partial charge in [-0.3, -0.25) is 14.4 Å². The molecule has 0 aliphatic carbocycles. The van der Waals surface area contributed by atoms with Crippen LogP contribution in [0.15, 0.2) is 0 Å². The lowest BCUT2D eigenvalue weighted by atomic mass is 10.0. The number of amides is 3. The van der Waals surface area contributed by atoms with E-state index in [0.717, 1.165) is 0 Å². The van der Waals surface area contributed by atoms with Gasteiger partial charge in [0.1, 0.15) is 18.1 Å². The molecule has 0 aliphatic rings. The lowest BCUT2D eigenvalue weighted by Gasteiger charge is -2.23. The van der Waals surface area contributed by atoms with E-state index in [9.17, 15) is 29.4 Å². The first-order valence-electron chi connectivity index (χ1n) is 7.81. The number of nitrogens with two attached hydrogens (primary N) is 1. The quantitative estimate of drug-likeness (QED) is 0.165. The van der Waals surface area contributed by atoms with Gasteiger partial charge in [-0.2, -0.15) is 12.6 Å². The fraction of sp³-hybridized carbons (Fsp3) is 0.714. The average Bonchev–Trinajstić information content (AvgIpc) is 2.59. The minimum absolute atomic E-state index is 0.199. The van der Waals surface area contributed by atoms with E-state index in [2.05, 4.69) is 28.6 Å². The molecular formula is C14H26N4O7S. The minimum Gasteiger partial charge on any atom is -0.480 e. The molecule has 0 radical (unpaired) electrons. The standard InChI is InChI=1S/C14H26N4O7S/c1-6(2)10(15)13(23)17-8(4-20)11(21)16-7(3-19)12(22)18-9(5-26)14(24)25/h6-10,19-20,26H,3-5,15H2,1-2H3,(H,16,21)(H,17,23)(H,18,22)(H,24,25). The van der Waals surface area contributed by atoms with Gasteiger partial charge in [0.15, 0.2) is 0 Å². The van der Waals surface area contributed by atoms with Crippen molar-refractivity contribution in [2.75, 3.05) is 19.0 Å². The Balaban J connectivity index is 4.91. The minimum atomic E-state index is -1.48. The Kier molecular flexibility index (Phi) is 10.8. The predicted octanol–water partition coefficient (Wildman–Crippen LogP) is -3.58. The fourth-order valence-electron chi connectivity index (χ4n) is 1.69. The van der Waals surface area contributed by atoms with Crippen LogP contribution < -0.4 is 21.7 Å². The number of carboxylic acids is 1. The van der Waals surface area contributed by atoms with E-state index >= 15 is 0 Å². The highest BCUT2D eigenvalue weighted by Crippen LogP contribution is 1.99. The molecule has 4 unspecified atom stereocenters. The molecule has 0 bridgehead atoms. The Hall–Kier alpha value is -1.89. The topological polar surface area (TPSA) is 191 Å². The van der Waals surface area contributed by atoms with Crippen LogP contribution in [0.25, 0.3) is 0 Å². The van der Waals surface area contributed by atoms with Crippen molar-refractivity contribution < 1.29 is 34.5 Å². The van der Waals surface area contributed by atoms with Crippen molar-refractivity contribution in [1.29, 1.82) is 0 Å². The molecule has 0 aromatic heterocycles. The van der Waals surface area contributed by atoms with Crippen LogP contribution >= 0.6 is 12.6 Å². The number of nitrogens with one attached hydrogen (secondary N) is 3. The van der Waals surface area contributed by atoms with E-state index in [0.29, 0.717) is 0 Å². The van der Waals surface area contributed by atoms with Crippen LogP contribution in [-0.2, 0) is 19.2 Å². The highest BCUT2D eigenvalue weighted by molar-refractivity contribution is 7.80. The van der Waals surface area contributed by atoms with E-state index < -0.39 is 61.1 Å². The van der Waals surface area contributed by atoms with Gasteiger partial charge in [0.25, 0.3) is 0 Å². The molecule has 4 atom stereocenters. The molecule has 150 valence electrons. The third kappa shape index (κ3) is 7.56. The molecular weight excluding hydrogens is 368 g/mol. The molecule has 0 aromatic rings. The van der Waals surface area contributed by atoms with Gasteiger partial charge < -0.3 is 37.0 Å². The zero-order chi connectivity index (χ0) is 20.4. The maximum absolute atomic E-state index is 12.1. The van der Waals surface area contributed by atoms with Crippen molar-refractivity contribution in [3.63, 3.8) is 0 Å². The van der Waals surface area contributed by atoms with E-state index in [-0.39, 0.29) is 11.7 Å². The van der Waals surface area contributed by atoms with Gasteiger partial charge in [0.2, 0.25) is 17.7 Å². The van der Waals surface area contributed by atoms with Crippen molar-refractivity contribution in [2.45, 2.75) is 38.0 Å². The van der Waals surface area contributed by atoms with Crippen LogP contribution in [0, 0.1) is 5.92 Å². The summed E-state index contributed by atoms with van der Waals surface area (Å²) in [4.78, 5) is 46.8. The van der Waals surface area contributed by atoms with Crippen molar-refractivity contribution in [3.8, 4) is 0 Å². The number of carbonyl (C=O) groups excluding carboxylic acids is 3. The van der Waals surface area contributed by atoms with Crippen LogP contribution in [0.1, 0.15) is 13.8 Å². The number of thiol groups is 1. The molecule has 12 heteroatoms. The number of rotatable bonds is 11. The summed E-state index contributed by atoms with van der Waals surface area (Å²) in [6.45, 7) is 1.81. The summed E-state index contributed by atoms with van der Waals surface area (Å²) in [6.07, 6.45) is 0. The lowest BCUT2D eigenvalue weighted by Crippen LogP contribution is -2.59. The van der Waals surface area contributed by atoms with Crippen LogP contribution in [-0.4, -0.2) is 82.1 Å². The monoisotopic (exact) mass is 394 g/mol. The normalized spacial score (nSPS) is 15.5. The number of hydrogen-bond acceptors (Lipinski definition) is 8. The van der Waals surface area contributed by atoms with Crippen LogP contribution in [0.2, 0.25) is 0 Å². The number of aliphatic hydroxyl groups is 2. The SMILES string of the molecule is CC(C)C(N)C(=O)NC(CO)C(=O)NC(CO)C(=O)NC(CS)C(=O)O. The summed E-state index contributed by atoms with van der Waals surface area (Å²) >= 11 is 3.78. The van der Waals surface area contributed by atoms with Crippen molar-refractivity contribution in [1.82, 2.24) is 16.0 Å². The molecule has 26 heavy (non-hydrogen) atoms. The lowest BCUT2D eigenvalue weighted by molar-refractivity contribution is -0.142. The van der Waals surface area contributed by atoms with Gasteiger partial charge in [0.05, 0.1) is 19.3 Å². The smallest absolute Gasteiger partial charge is 0.327 e. The first-order chi connectivity index (χ1) is 12.1. The van der Waals surface area contributed by atoms with E-state index in [1.54, 1.807) is 13.8 Å². The number of carboxylic acid groups (broad SMARTS) is 1. The summed E-state index contributed by atoms with van der Waals surface area (Å²) < 4.78 is 0. The second-order valence-electron chi connectivity index (χ2n) is 5.84. The third-order valence-electron chi connectivity index (χ3n) is 3.45. The maximum Gasteiger partial charge on any atom is 0.327 e. The Morgan fingerprint density at radius 3 is 1.58 bits per heavy atom. The Morgan fingerprint density at radius 1 is 0.885 bits per heavy atom. The van der Waals surface area contributed by atoms with Crippen LogP contribution in [0.4, 0.5) is 0 Å². The number of aliphatic carboxylic acids is 1. The van der Waals surface area contributed by atoms with E-state index in [4.69, 9.17) is 10.8 Å². The van der Waals surface area contributed by atoms with Gasteiger partial charge >= 0.3 is 5.97 Å². The Bertz CT molecular complexity index is 518. The zero-order valence-electron chi connectivity index (χ0n) is 14.5. The molecule has 3 amide bonds. The van der Waals surface area contributed by atoms with Crippen molar-refractivity contribution in [3.05, 3.63) is 0 Å². The second-order valence-corrected chi connectivity index (χ2v) is 6.20. The van der Waals surface area contributed by atoms with Crippen molar-refractivity contribution >= 4 is 36.3 Å². The highest BCUT2D eigenvalue weighted by atomic mass is 32.1. The second kappa shape index (κ2) is 11.7. The van der Waals surface area contributed by atoms with E-state index in [1.807, 2.05) is 0 Å². The molecule has 0 saturated heterocycles. The zero-order valence-corrected chi connectivity index (χ0v) is 15.4. The largest absolute Gasteiger partial charge is 0.480 e. The first-order valence-corrected chi connectivity index (χ1v) is 8.44. The summed E-state index contributed by atoms with van der Waals surface area (Å²) in [5.41, 5.74) is 5.64. The van der Waals surface area contributed by atoms with Gasteiger partial charge in [-0.05, 0) is 5.92 Å². The van der Waals surface area contributed by atoms with Crippen molar-refractivity contribution in [2.24, 2.45) is 11.7 Å². The van der Waals surface area contributed by atoms with Gasteiger partial charge in [-0.15, -0.1) is 0 Å². The summed E-state index contributed by atoms with van der Waals surface area (Å²) in [5.74, 6) is -4.30. The Labute approximate surface area is 156 Å². The van der Waals surface area contributed by atoms with E-state index in [1.165, 1.54) is 0 Å². The molecule has 8 N–H and O–H groups in total. The maximum atomic E-state index is 12.1. The molecule has 0 aliphatic heterocycles. The number of aliphatic hydroxyl groups excluding tert-OH is 2. The summed E-state index contributed by atoms with van der Waals surface area (Å²) in [5, 5.41) is 33.9. The van der Waals surface area contributed by atoms with Gasteiger partial charge in [0, 0.05) is 5.75 Å². The molecule has 0 aromatic carbocycles. The van der Waals surface area contributed by atoms with Gasteiger partial charge in [-0.25, -0.2) is 4.79 Å². The first kappa shape index (κ1) is 24.1. The molecule has 0 spiro atoms.